The van der Waals surface area contributed by atoms with Crippen LogP contribution < -0.4 is 15.4 Å². The van der Waals surface area contributed by atoms with Crippen molar-refractivity contribution in [3.63, 3.8) is 0 Å². The minimum Gasteiger partial charge on any atom is -0.497 e. The summed E-state index contributed by atoms with van der Waals surface area (Å²) >= 11 is 0. The van der Waals surface area contributed by atoms with Gasteiger partial charge < -0.3 is 20.3 Å². The Kier molecular flexibility index (Phi) is 7.98. The zero-order chi connectivity index (χ0) is 22.3. The number of methoxy groups -OCH3 is 1. The van der Waals surface area contributed by atoms with E-state index in [1.807, 2.05) is 32.0 Å². The van der Waals surface area contributed by atoms with E-state index in [1.165, 1.54) is 11.8 Å². The van der Waals surface area contributed by atoms with Crippen molar-refractivity contribution in [1.82, 2.24) is 10.2 Å². The van der Waals surface area contributed by atoms with E-state index in [1.54, 1.807) is 38.4 Å². The van der Waals surface area contributed by atoms with E-state index < -0.39 is 6.04 Å². The van der Waals surface area contributed by atoms with Gasteiger partial charge in [0.15, 0.2) is 0 Å². The molecular formula is C23H29N3O4. The van der Waals surface area contributed by atoms with Crippen LogP contribution in [0.3, 0.4) is 0 Å². The maximum Gasteiger partial charge on any atom is 0.243 e. The van der Waals surface area contributed by atoms with Crippen molar-refractivity contribution in [3.8, 4) is 5.75 Å². The number of ether oxygens (including phenoxy) is 1. The minimum atomic E-state index is -0.495. The first-order valence-electron chi connectivity index (χ1n) is 9.72. The molecule has 0 aliphatic rings. The zero-order valence-electron chi connectivity index (χ0n) is 18.1. The molecule has 0 bridgehead atoms. The van der Waals surface area contributed by atoms with Gasteiger partial charge in [0.05, 0.1) is 26.1 Å². The number of anilines is 1. The molecule has 7 heteroatoms. The number of likely N-dealkylation sites (N-methyl/N-ethyl adjacent to an activating group) is 1. The molecule has 0 heterocycles. The molecule has 0 aliphatic carbocycles. The minimum absolute atomic E-state index is 0.0408. The third-order valence-corrected chi connectivity index (χ3v) is 4.96. The first-order chi connectivity index (χ1) is 14.2. The van der Waals surface area contributed by atoms with Crippen LogP contribution >= 0.6 is 0 Å². The van der Waals surface area contributed by atoms with Gasteiger partial charge in [-0.3, -0.25) is 14.4 Å². The fraction of sp³-hybridized carbons (Fsp3) is 0.348. The summed E-state index contributed by atoms with van der Waals surface area (Å²) in [6.07, 6.45) is 0.0408. The third kappa shape index (κ3) is 6.34. The summed E-state index contributed by atoms with van der Waals surface area (Å²) in [6.45, 7) is 5.23. The fourth-order valence-corrected chi connectivity index (χ4v) is 3.04. The van der Waals surface area contributed by atoms with E-state index in [0.29, 0.717) is 5.75 Å². The van der Waals surface area contributed by atoms with Crippen molar-refractivity contribution < 1.29 is 19.1 Å². The molecule has 7 nitrogen and oxygen atoms in total. The lowest BCUT2D eigenvalue weighted by Gasteiger charge is -2.22. The highest BCUT2D eigenvalue weighted by Crippen LogP contribution is 2.21. The van der Waals surface area contributed by atoms with Gasteiger partial charge in [-0.15, -0.1) is 0 Å². The largest absolute Gasteiger partial charge is 0.497 e. The Labute approximate surface area is 177 Å². The first-order valence-corrected chi connectivity index (χ1v) is 9.72. The summed E-state index contributed by atoms with van der Waals surface area (Å²) in [5, 5.41) is 5.65. The molecule has 0 aliphatic heterocycles. The smallest absolute Gasteiger partial charge is 0.243 e. The van der Waals surface area contributed by atoms with Crippen LogP contribution in [-0.4, -0.2) is 43.3 Å². The number of amides is 3. The van der Waals surface area contributed by atoms with Crippen molar-refractivity contribution >= 4 is 23.4 Å². The molecule has 0 saturated heterocycles. The summed E-state index contributed by atoms with van der Waals surface area (Å²) in [5.41, 5.74) is 3.59. The topological polar surface area (TPSA) is 87.7 Å². The van der Waals surface area contributed by atoms with Gasteiger partial charge in [0.25, 0.3) is 0 Å². The predicted octanol–water partition coefficient (Wildman–Crippen LogP) is 2.98. The van der Waals surface area contributed by atoms with Gasteiger partial charge in [-0.05, 0) is 48.7 Å². The fourth-order valence-electron chi connectivity index (χ4n) is 3.04. The molecule has 0 radical (unpaired) electrons. The average Bonchev–Trinajstić information content (AvgIpc) is 2.70. The molecule has 1 atom stereocenters. The SMILES string of the molecule is COc1ccc(C(CC(=O)N(C)CC(=O)Nc2cccc(C)c2C)NC(C)=O)cc1. The number of carbonyl (C=O) groups excluding carboxylic acids is 3. The number of benzene rings is 2. The quantitative estimate of drug-likeness (QED) is 0.699. The summed E-state index contributed by atoms with van der Waals surface area (Å²) in [7, 11) is 3.14. The van der Waals surface area contributed by atoms with Gasteiger partial charge in [0, 0.05) is 19.7 Å². The predicted molar refractivity (Wildman–Crippen MR) is 116 cm³/mol. The van der Waals surface area contributed by atoms with E-state index >= 15 is 0 Å². The van der Waals surface area contributed by atoms with Gasteiger partial charge in [-0.1, -0.05) is 24.3 Å². The molecule has 30 heavy (non-hydrogen) atoms. The highest BCUT2D eigenvalue weighted by atomic mass is 16.5. The molecule has 3 amide bonds. The van der Waals surface area contributed by atoms with Crippen molar-refractivity contribution in [3.05, 3.63) is 59.2 Å². The van der Waals surface area contributed by atoms with E-state index in [2.05, 4.69) is 10.6 Å². The lowest BCUT2D eigenvalue weighted by Crippen LogP contribution is -2.38. The summed E-state index contributed by atoms with van der Waals surface area (Å²) in [5.74, 6) is -0.0772. The van der Waals surface area contributed by atoms with Gasteiger partial charge in [0.1, 0.15) is 5.75 Å². The molecule has 160 valence electrons. The van der Waals surface area contributed by atoms with Crippen LogP contribution in [0.2, 0.25) is 0 Å². The highest BCUT2D eigenvalue weighted by Gasteiger charge is 2.21. The second kappa shape index (κ2) is 10.4. The van der Waals surface area contributed by atoms with Crippen LogP contribution in [0.5, 0.6) is 5.75 Å². The summed E-state index contributed by atoms with van der Waals surface area (Å²) < 4.78 is 5.15. The van der Waals surface area contributed by atoms with Crippen LogP contribution in [0.25, 0.3) is 0 Å². The van der Waals surface area contributed by atoms with Crippen molar-refractivity contribution in [1.29, 1.82) is 0 Å². The molecule has 2 aromatic rings. The number of hydrogen-bond acceptors (Lipinski definition) is 4. The van der Waals surface area contributed by atoms with Crippen LogP contribution in [0, 0.1) is 13.8 Å². The number of nitrogens with one attached hydrogen (secondary N) is 2. The Balaban J connectivity index is 2.02. The maximum atomic E-state index is 12.7. The van der Waals surface area contributed by atoms with E-state index in [0.717, 1.165) is 22.4 Å². The molecule has 2 aromatic carbocycles. The Morgan fingerprint density at radius 2 is 1.73 bits per heavy atom. The van der Waals surface area contributed by atoms with Crippen molar-refractivity contribution in [2.75, 3.05) is 26.0 Å². The lowest BCUT2D eigenvalue weighted by molar-refractivity contribution is -0.134. The Morgan fingerprint density at radius 3 is 2.33 bits per heavy atom. The van der Waals surface area contributed by atoms with Crippen LogP contribution in [0.4, 0.5) is 5.69 Å². The number of aryl methyl sites for hydroxylation is 1. The standard InChI is InChI=1S/C23H29N3O4/c1-15-7-6-8-20(16(15)2)25-22(28)14-26(4)23(29)13-21(24-17(3)27)18-9-11-19(30-5)12-10-18/h6-12,21H,13-14H2,1-5H3,(H,24,27)(H,25,28). The Morgan fingerprint density at radius 1 is 1.07 bits per heavy atom. The average molecular weight is 412 g/mol. The number of carbonyl (C=O) groups is 3. The number of nitrogens with zero attached hydrogens (tertiary/aromatic N) is 1. The molecule has 1 unspecified atom stereocenters. The van der Waals surface area contributed by atoms with Crippen molar-refractivity contribution in [2.24, 2.45) is 0 Å². The van der Waals surface area contributed by atoms with Crippen LogP contribution in [-0.2, 0) is 14.4 Å². The molecule has 2 rings (SSSR count). The van der Waals surface area contributed by atoms with Gasteiger partial charge in [-0.25, -0.2) is 0 Å². The highest BCUT2D eigenvalue weighted by molar-refractivity contribution is 5.95. The van der Waals surface area contributed by atoms with Crippen LogP contribution in [0.15, 0.2) is 42.5 Å². The zero-order valence-corrected chi connectivity index (χ0v) is 18.1. The second-order valence-electron chi connectivity index (χ2n) is 7.28. The number of rotatable bonds is 8. The summed E-state index contributed by atoms with van der Waals surface area (Å²) in [4.78, 5) is 38.1. The second-order valence-corrected chi connectivity index (χ2v) is 7.28. The molecule has 0 saturated carbocycles. The van der Waals surface area contributed by atoms with Gasteiger partial charge in [0.2, 0.25) is 17.7 Å². The number of hydrogen-bond donors (Lipinski definition) is 2. The maximum absolute atomic E-state index is 12.7. The lowest BCUT2D eigenvalue weighted by atomic mass is 10.0. The monoisotopic (exact) mass is 411 g/mol. The van der Waals surface area contributed by atoms with Crippen LogP contribution in [0.1, 0.15) is 36.1 Å². The summed E-state index contributed by atoms with van der Waals surface area (Å²) in [6, 6.07) is 12.3. The van der Waals surface area contributed by atoms with E-state index in [-0.39, 0.29) is 30.7 Å². The molecule has 0 fully saturated rings. The normalized spacial score (nSPS) is 11.4. The molecule has 0 aromatic heterocycles. The van der Waals surface area contributed by atoms with Gasteiger partial charge in [-0.2, -0.15) is 0 Å². The molecular weight excluding hydrogens is 382 g/mol. The molecule has 2 N–H and O–H groups in total. The van der Waals surface area contributed by atoms with Crippen molar-refractivity contribution in [2.45, 2.75) is 33.2 Å². The Hall–Kier alpha value is -3.35. The first kappa shape index (κ1) is 22.9. The van der Waals surface area contributed by atoms with Gasteiger partial charge >= 0.3 is 0 Å². The van der Waals surface area contributed by atoms with E-state index in [4.69, 9.17) is 4.74 Å². The Bertz CT molecular complexity index is 909. The third-order valence-electron chi connectivity index (χ3n) is 4.96. The van der Waals surface area contributed by atoms with E-state index in [9.17, 15) is 14.4 Å². The molecule has 0 spiro atoms.